The summed E-state index contributed by atoms with van der Waals surface area (Å²) in [5.74, 6) is -0.184. The van der Waals surface area contributed by atoms with E-state index in [-0.39, 0.29) is 10.8 Å². The van der Waals surface area contributed by atoms with Gasteiger partial charge in [-0.15, -0.1) is 0 Å². The second-order valence-corrected chi connectivity index (χ2v) is 10.7. The molecular formula is C24H32N4O3S. The Morgan fingerprint density at radius 1 is 0.938 bits per heavy atom. The molecule has 2 saturated heterocycles. The first-order chi connectivity index (χ1) is 15.4. The quantitative estimate of drug-likeness (QED) is 0.668. The zero-order valence-corrected chi connectivity index (χ0v) is 19.7. The van der Waals surface area contributed by atoms with Crippen LogP contribution < -0.4 is 4.90 Å². The van der Waals surface area contributed by atoms with E-state index >= 15 is 0 Å². The maximum Gasteiger partial charge on any atom is 0.253 e. The molecule has 1 amide bonds. The molecule has 2 aliphatic heterocycles. The van der Waals surface area contributed by atoms with E-state index in [1.807, 2.05) is 19.2 Å². The lowest BCUT2D eigenvalue weighted by Crippen LogP contribution is -2.47. The number of anilines is 1. The number of hydrogen-bond donors (Lipinski definition) is 0. The molecule has 2 fully saturated rings. The highest BCUT2D eigenvalue weighted by Crippen LogP contribution is 2.26. The van der Waals surface area contributed by atoms with Crippen LogP contribution in [0.3, 0.4) is 0 Å². The van der Waals surface area contributed by atoms with Crippen molar-refractivity contribution in [2.75, 3.05) is 58.3 Å². The average molecular weight is 457 g/mol. The predicted octanol–water partition coefficient (Wildman–Crippen LogP) is 2.50. The number of amides is 1. The van der Waals surface area contributed by atoms with Crippen LogP contribution >= 0.6 is 0 Å². The number of likely N-dealkylation sites (N-methyl/N-ethyl adjacent to an activating group) is 1. The molecule has 32 heavy (non-hydrogen) atoms. The van der Waals surface area contributed by atoms with Gasteiger partial charge in [0.2, 0.25) is 10.0 Å². The van der Waals surface area contributed by atoms with E-state index in [9.17, 15) is 13.2 Å². The van der Waals surface area contributed by atoms with Gasteiger partial charge >= 0.3 is 0 Å². The number of nitrogens with zero attached hydrogens (tertiary/aromatic N) is 4. The van der Waals surface area contributed by atoms with Crippen LogP contribution in [0.4, 0.5) is 5.69 Å². The highest BCUT2D eigenvalue weighted by molar-refractivity contribution is 7.89. The van der Waals surface area contributed by atoms with Crippen LogP contribution in [0.15, 0.2) is 53.4 Å². The van der Waals surface area contributed by atoms with Gasteiger partial charge in [-0.2, -0.15) is 4.31 Å². The van der Waals surface area contributed by atoms with Crippen LogP contribution in [0.25, 0.3) is 0 Å². The summed E-state index contributed by atoms with van der Waals surface area (Å²) in [6, 6.07) is 14.6. The first kappa shape index (κ1) is 22.8. The molecule has 172 valence electrons. The molecule has 0 aliphatic carbocycles. The van der Waals surface area contributed by atoms with Crippen molar-refractivity contribution in [3.63, 3.8) is 0 Å². The van der Waals surface area contributed by atoms with E-state index < -0.39 is 10.0 Å². The predicted molar refractivity (Wildman–Crippen MR) is 126 cm³/mol. The monoisotopic (exact) mass is 456 g/mol. The van der Waals surface area contributed by atoms with Gasteiger partial charge in [0.05, 0.1) is 4.90 Å². The summed E-state index contributed by atoms with van der Waals surface area (Å²) < 4.78 is 27.7. The fourth-order valence-electron chi connectivity index (χ4n) is 4.43. The van der Waals surface area contributed by atoms with Crippen molar-refractivity contribution < 1.29 is 13.2 Å². The number of piperazine rings is 1. The molecule has 2 aromatic carbocycles. The van der Waals surface area contributed by atoms with Crippen molar-refractivity contribution in [1.29, 1.82) is 0 Å². The molecule has 0 spiro atoms. The van der Waals surface area contributed by atoms with E-state index in [4.69, 9.17) is 0 Å². The number of rotatable bonds is 6. The molecule has 0 bridgehead atoms. The first-order valence-corrected chi connectivity index (χ1v) is 12.7. The van der Waals surface area contributed by atoms with Crippen molar-refractivity contribution in [3.05, 3.63) is 59.7 Å². The zero-order valence-electron chi connectivity index (χ0n) is 18.9. The Bertz CT molecular complexity index is 1060. The highest BCUT2D eigenvalue weighted by atomic mass is 32.2. The molecule has 2 heterocycles. The molecule has 7 nitrogen and oxygen atoms in total. The Kier molecular flexibility index (Phi) is 6.83. The van der Waals surface area contributed by atoms with Crippen molar-refractivity contribution >= 4 is 21.6 Å². The molecule has 0 aromatic heterocycles. The Morgan fingerprint density at radius 2 is 1.62 bits per heavy atom. The van der Waals surface area contributed by atoms with Crippen LogP contribution in [0.2, 0.25) is 0 Å². The summed E-state index contributed by atoms with van der Waals surface area (Å²) in [5.41, 5.74) is 2.67. The van der Waals surface area contributed by atoms with Crippen molar-refractivity contribution in [2.24, 2.45) is 0 Å². The van der Waals surface area contributed by atoms with Crippen LogP contribution in [0.5, 0.6) is 0 Å². The molecule has 0 radical (unpaired) electrons. The van der Waals surface area contributed by atoms with Gasteiger partial charge in [0.1, 0.15) is 0 Å². The molecule has 2 aromatic rings. The van der Waals surface area contributed by atoms with Crippen LogP contribution in [0.1, 0.15) is 28.8 Å². The van der Waals surface area contributed by atoms with Gasteiger partial charge in [0.15, 0.2) is 0 Å². The standard InChI is InChI=1S/C24H32N4O3S/c1-25-14-16-28(17-15-25)32(30,31)22-10-7-9-20(18-22)24(29)26(2)19-21-8-3-4-11-23(21)27-12-5-6-13-27/h3-4,7-11,18H,5-6,12-17,19H2,1-2H3. The summed E-state index contributed by atoms with van der Waals surface area (Å²) in [5, 5.41) is 0. The fraction of sp³-hybridized carbons (Fsp3) is 0.458. The van der Waals surface area contributed by atoms with E-state index in [1.54, 1.807) is 30.1 Å². The topological polar surface area (TPSA) is 64.2 Å². The largest absolute Gasteiger partial charge is 0.371 e. The number of carbonyl (C=O) groups excluding carboxylic acids is 1. The summed E-state index contributed by atoms with van der Waals surface area (Å²) >= 11 is 0. The van der Waals surface area contributed by atoms with Gasteiger partial charge < -0.3 is 14.7 Å². The Morgan fingerprint density at radius 3 is 2.34 bits per heavy atom. The molecule has 0 N–H and O–H groups in total. The maximum atomic E-state index is 13.2. The van der Waals surface area contributed by atoms with Gasteiger partial charge in [-0.1, -0.05) is 24.3 Å². The number of hydrogen-bond acceptors (Lipinski definition) is 5. The summed E-state index contributed by atoms with van der Waals surface area (Å²) in [4.78, 5) is 19.5. The van der Waals surface area contributed by atoms with Crippen LogP contribution in [0, 0.1) is 0 Å². The molecule has 2 aliphatic rings. The number of carbonyl (C=O) groups is 1. The second kappa shape index (κ2) is 9.60. The smallest absolute Gasteiger partial charge is 0.253 e. The van der Waals surface area contributed by atoms with Crippen LogP contribution in [-0.4, -0.2) is 81.8 Å². The summed E-state index contributed by atoms with van der Waals surface area (Å²) in [6.45, 7) is 4.89. The number of benzene rings is 2. The zero-order chi connectivity index (χ0) is 22.7. The second-order valence-electron chi connectivity index (χ2n) is 8.72. The minimum Gasteiger partial charge on any atom is -0.371 e. The minimum absolute atomic E-state index is 0.179. The van der Waals surface area contributed by atoms with Crippen molar-refractivity contribution in [3.8, 4) is 0 Å². The van der Waals surface area contributed by atoms with E-state index in [0.29, 0.717) is 38.3 Å². The van der Waals surface area contributed by atoms with Crippen LogP contribution in [-0.2, 0) is 16.6 Å². The average Bonchev–Trinajstić information content (AvgIpc) is 3.34. The molecule has 0 atom stereocenters. The van der Waals surface area contributed by atoms with Gasteiger partial charge in [0, 0.05) is 64.1 Å². The third-order valence-corrected chi connectivity index (χ3v) is 8.27. The first-order valence-electron chi connectivity index (χ1n) is 11.2. The molecule has 8 heteroatoms. The Labute approximate surface area is 191 Å². The van der Waals surface area contributed by atoms with Gasteiger partial charge in [-0.05, 0) is 49.7 Å². The lowest BCUT2D eigenvalue weighted by atomic mass is 10.1. The molecule has 0 unspecified atom stereocenters. The number of para-hydroxylation sites is 1. The third-order valence-electron chi connectivity index (χ3n) is 6.37. The van der Waals surface area contributed by atoms with Gasteiger partial charge in [-0.25, -0.2) is 8.42 Å². The Balaban J connectivity index is 1.51. The third kappa shape index (κ3) is 4.82. The Hall–Kier alpha value is -2.42. The lowest BCUT2D eigenvalue weighted by molar-refractivity contribution is 0.0785. The summed E-state index contributed by atoms with van der Waals surface area (Å²) in [6.07, 6.45) is 2.38. The van der Waals surface area contributed by atoms with E-state index in [2.05, 4.69) is 21.9 Å². The number of sulfonamides is 1. The van der Waals surface area contributed by atoms with Gasteiger partial charge in [0.25, 0.3) is 5.91 Å². The lowest BCUT2D eigenvalue weighted by Gasteiger charge is -2.31. The molecular weight excluding hydrogens is 424 g/mol. The maximum absolute atomic E-state index is 13.2. The van der Waals surface area contributed by atoms with Crippen molar-refractivity contribution in [2.45, 2.75) is 24.3 Å². The van der Waals surface area contributed by atoms with Crippen molar-refractivity contribution in [1.82, 2.24) is 14.1 Å². The highest BCUT2D eigenvalue weighted by Gasteiger charge is 2.28. The fourth-order valence-corrected chi connectivity index (χ4v) is 5.89. The van der Waals surface area contributed by atoms with E-state index in [0.717, 1.165) is 18.7 Å². The van der Waals surface area contributed by atoms with E-state index in [1.165, 1.54) is 28.9 Å². The molecule has 0 saturated carbocycles. The SMILES string of the molecule is CN1CCN(S(=O)(=O)c2cccc(C(=O)N(C)Cc3ccccc3N3CCCC3)c2)CC1. The molecule has 4 rings (SSSR count). The summed E-state index contributed by atoms with van der Waals surface area (Å²) in [7, 11) is 0.141. The normalized spacial score (nSPS) is 18.1. The minimum atomic E-state index is -3.61. The van der Waals surface area contributed by atoms with Gasteiger partial charge in [-0.3, -0.25) is 4.79 Å².